The zero-order chi connectivity index (χ0) is 8.04. The van der Waals surface area contributed by atoms with Crippen molar-refractivity contribution in [2.45, 2.75) is 13.3 Å². The third kappa shape index (κ3) is 13.2. The zero-order valence-corrected chi connectivity index (χ0v) is 8.82. The molecule has 11 heavy (non-hydrogen) atoms. The van der Waals surface area contributed by atoms with Gasteiger partial charge in [-0.1, -0.05) is 6.92 Å². The minimum Gasteiger partial charge on any atom is -1.00 e. The van der Waals surface area contributed by atoms with Crippen LogP contribution in [0.1, 0.15) is 13.3 Å². The first-order chi connectivity index (χ1) is 4.56. The molecule has 0 spiro atoms. The van der Waals surface area contributed by atoms with Gasteiger partial charge < -0.3 is 21.6 Å². The summed E-state index contributed by atoms with van der Waals surface area (Å²) in [6.07, 6.45) is 1.12. The molecule has 0 aromatic carbocycles. The zero-order valence-electron chi connectivity index (χ0n) is 8.06. The average Bonchev–Trinajstić information content (AvgIpc) is 1.78. The SMILES string of the molecule is CCCOCC[N+](C)(C)C.[Cl-]. The standard InChI is InChI=1S/C8H20NO.ClH/c1-5-7-10-8-6-9(2,3)4;/h5-8H2,1-4H3;1H/q+1;/p-1. The molecule has 0 aromatic rings. The van der Waals surface area contributed by atoms with Gasteiger partial charge in [0, 0.05) is 6.61 Å². The summed E-state index contributed by atoms with van der Waals surface area (Å²) in [6, 6.07) is 0. The molecule has 0 saturated heterocycles. The molecule has 70 valence electrons. The van der Waals surface area contributed by atoms with Gasteiger partial charge in [0.2, 0.25) is 0 Å². The largest absolute Gasteiger partial charge is 1.00 e. The first-order valence-electron chi connectivity index (χ1n) is 3.94. The second-order valence-electron chi connectivity index (χ2n) is 3.63. The van der Waals surface area contributed by atoms with E-state index in [1.54, 1.807) is 0 Å². The number of nitrogens with zero attached hydrogens (tertiary/aromatic N) is 1. The van der Waals surface area contributed by atoms with E-state index in [-0.39, 0.29) is 12.4 Å². The molecule has 0 heterocycles. The smallest absolute Gasteiger partial charge is 0.102 e. The minimum atomic E-state index is 0. The Hall–Kier alpha value is 0.210. The van der Waals surface area contributed by atoms with E-state index in [1.165, 1.54) is 0 Å². The van der Waals surface area contributed by atoms with Crippen molar-refractivity contribution in [2.24, 2.45) is 0 Å². The van der Waals surface area contributed by atoms with Crippen molar-refractivity contribution < 1.29 is 21.6 Å². The van der Waals surface area contributed by atoms with E-state index >= 15 is 0 Å². The molecule has 0 rings (SSSR count). The fraction of sp³-hybridized carbons (Fsp3) is 1.00. The molecule has 0 aromatic heterocycles. The van der Waals surface area contributed by atoms with Gasteiger partial charge in [0.15, 0.2) is 0 Å². The summed E-state index contributed by atoms with van der Waals surface area (Å²) < 4.78 is 6.33. The Morgan fingerprint density at radius 3 is 2.00 bits per heavy atom. The van der Waals surface area contributed by atoms with Crippen molar-refractivity contribution in [1.82, 2.24) is 0 Å². The highest BCUT2D eigenvalue weighted by Gasteiger charge is 2.04. The van der Waals surface area contributed by atoms with Crippen molar-refractivity contribution >= 4 is 0 Å². The van der Waals surface area contributed by atoms with E-state index < -0.39 is 0 Å². The molecular formula is C8H20ClNO. The molecule has 0 aliphatic carbocycles. The van der Waals surface area contributed by atoms with Gasteiger partial charge in [0.1, 0.15) is 6.54 Å². The lowest BCUT2D eigenvalue weighted by atomic mass is 10.5. The highest BCUT2D eigenvalue weighted by molar-refractivity contribution is 4.29. The lowest BCUT2D eigenvalue weighted by Gasteiger charge is -2.23. The highest BCUT2D eigenvalue weighted by Crippen LogP contribution is 1.89. The Morgan fingerprint density at radius 1 is 1.09 bits per heavy atom. The van der Waals surface area contributed by atoms with Crippen molar-refractivity contribution in [3.8, 4) is 0 Å². The summed E-state index contributed by atoms with van der Waals surface area (Å²) in [5.74, 6) is 0. The lowest BCUT2D eigenvalue weighted by Crippen LogP contribution is -3.00. The molecule has 0 unspecified atom stereocenters. The molecule has 0 aliphatic rings. The third-order valence-corrected chi connectivity index (χ3v) is 1.25. The van der Waals surface area contributed by atoms with Crippen LogP contribution in [0.25, 0.3) is 0 Å². The normalized spacial score (nSPS) is 10.9. The van der Waals surface area contributed by atoms with Crippen LogP contribution in [-0.2, 0) is 4.74 Å². The van der Waals surface area contributed by atoms with Gasteiger partial charge in [0.25, 0.3) is 0 Å². The Bertz CT molecular complexity index is 80.7. The summed E-state index contributed by atoms with van der Waals surface area (Å²) in [4.78, 5) is 0. The number of hydrogen-bond acceptors (Lipinski definition) is 1. The molecule has 0 aliphatic heterocycles. The number of quaternary nitrogens is 1. The minimum absolute atomic E-state index is 0. The number of halogens is 1. The second kappa shape index (κ2) is 6.89. The van der Waals surface area contributed by atoms with Gasteiger partial charge in [-0.2, -0.15) is 0 Å². The Balaban J connectivity index is 0. The van der Waals surface area contributed by atoms with Crippen LogP contribution in [0.5, 0.6) is 0 Å². The van der Waals surface area contributed by atoms with Crippen LogP contribution in [0.3, 0.4) is 0 Å². The Labute approximate surface area is 76.5 Å². The van der Waals surface area contributed by atoms with Crippen LogP contribution < -0.4 is 12.4 Å². The quantitative estimate of drug-likeness (QED) is 0.357. The summed E-state index contributed by atoms with van der Waals surface area (Å²) in [6.45, 7) is 5.02. The van der Waals surface area contributed by atoms with Crippen LogP contribution >= 0.6 is 0 Å². The molecular weight excluding hydrogens is 162 g/mol. The molecule has 0 bridgehead atoms. The van der Waals surface area contributed by atoms with Crippen molar-refractivity contribution in [3.63, 3.8) is 0 Å². The third-order valence-electron chi connectivity index (χ3n) is 1.25. The number of hydrogen-bond donors (Lipinski definition) is 0. The van der Waals surface area contributed by atoms with Gasteiger partial charge in [0.05, 0.1) is 27.7 Å². The number of ether oxygens (including phenoxy) is 1. The number of likely N-dealkylation sites (N-methyl/N-ethyl adjacent to an activating group) is 1. The molecule has 0 radical (unpaired) electrons. The Kier molecular flexibility index (Phi) is 8.63. The maximum Gasteiger partial charge on any atom is 0.102 e. The molecule has 2 nitrogen and oxygen atoms in total. The van der Waals surface area contributed by atoms with E-state index in [0.29, 0.717) is 0 Å². The van der Waals surface area contributed by atoms with Crippen LogP contribution in [0.4, 0.5) is 0 Å². The van der Waals surface area contributed by atoms with E-state index in [0.717, 1.165) is 30.7 Å². The Morgan fingerprint density at radius 2 is 1.64 bits per heavy atom. The lowest BCUT2D eigenvalue weighted by molar-refractivity contribution is -0.870. The van der Waals surface area contributed by atoms with Gasteiger partial charge in [-0.05, 0) is 6.42 Å². The van der Waals surface area contributed by atoms with Crippen LogP contribution in [0.15, 0.2) is 0 Å². The van der Waals surface area contributed by atoms with Crippen molar-refractivity contribution in [3.05, 3.63) is 0 Å². The molecule has 3 heteroatoms. The average molecular weight is 182 g/mol. The summed E-state index contributed by atoms with van der Waals surface area (Å²) in [5, 5.41) is 0. The summed E-state index contributed by atoms with van der Waals surface area (Å²) in [7, 11) is 6.53. The molecule has 0 amide bonds. The van der Waals surface area contributed by atoms with E-state index in [4.69, 9.17) is 4.74 Å². The van der Waals surface area contributed by atoms with Crippen LogP contribution in [0.2, 0.25) is 0 Å². The predicted octanol–water partition coefficient (Wildman–Crippen LogP) is -1.88. The fourth-order valence-corrected chi connectivity index (χ4v) is 0.585. The maximum atomic E-state index is 5.34. The van der Waals surface area contributed by atoms with Crippen LogP contribution in [-0.4, -0.2) is 45.4 Å². The number of rotatable bonds is 5. The fourth-order valence-electron chi connectivity index (χ4n) is 0.585. The first-order valence-corrected chi connectivity index (χ1v) is 3.94. The molecule has 0 atom stereocenters. The second-order valence-corrected chi connectivity index (χ2v) is 3.63. The van der Waals surface area contributed by atoms with E-state index in [1.807, 2.05) is 0 Å². The predicted molar refractivity (Wildman–Crippen MR) is 44.0 cm³/mol. The molecule has 0 saturated carbocycles. The van der Waals surface area contributed by atoms with Gasteiger partial charge >= 0.3 is 0 Å². The summed E-state index contributed by atoms with van der Waals surface area (Å²) >= 11 is 0. The van der Waals surface area contributed by atoms with E-state index in [2.05, 4.69) is 28.1 Å². The van der Waals surface area contributed by atoms with Crippen molar-refractivity contribution in [1.29, 1.82) is 0 Å². The van der Waals surface area contributed by atoms with E-state index in [9.17, 15) is 0 Å². The van der Waals surface area contributed by atoms with Crippen LogP contribution in [0, 0.1) is 0 Å². The first kappa shape index (κ1) is 13.8. The highest BCUT2D eigenvalue weighted by atomic mass is 35.5. The topological polar surface area (TPSA) is 9.23 Å². The maximum absolute atomic E-state index is 5.34. The van der Waals surface area contributed by atoms with Gasteiger partial charge in [-0.25, -0.2) is 0 Å². The summed E-state index contributed by atoms with van der Waals surface area (Å²) in [5.41, 5.74) is 0. The van der Waals surface area contributed by atoms with Crippen molar-refractivity contribution in [2.75, 3.05) is 40.9 Å². The molecule has 0 fully saturated rings. The molecule has 0 N–H and O–H groups in total. The monoisotopic (exact) mass is 181 g/mol. The van der Waals surface area contributed by atoms with Gasteiger partial charge in [-0.15, -0.1) is 0 Å². The van der Waals surface area contributed by atoms with Gasteiger partial charge in [-0.3, -0.25) is 0 Å².